The molecule has 0 bridgehead atoms. The van der Waals surface area contributed by atoms with Crippen LogP contribution in [0.25, 0.3) is 0 Å². The number of phenolic OH excluding ortho intramolecular Hbond substituents is 1. The van der Waals surface area contributed by atoms with Crippen LogP contribution in [0.2, 0.25) is 0 Å². The minimum Gasteiger partial charge on any atom is -0.507 e. The zero-order chi connectivity index (χ0) is 11.4. The third kappa shape index (κ3) is 3.03. The molecule has 0 saturated carbocycles. The van der Waals surface area contributed by atoms with E-state index in [4.69, 9.17) is 0 Å². The van der Waals surface area contributed by atoms with Gasteiger partial charge in [0.05, 0.1) is 4.47 Å². The molecule has 0 aliphatic rings. The molecule has 0 saturated heterocycles. The van der Waals surface area contributed by atoms with Crippen LogP contribution in [0.3, 0.4) is 0 Å². The van der Waals surface area contributed by atoms with Crippen LogP contribution >= 0.6 is 27.7 Å². The highest BCUT2D eigenvalue weighted by molar-refractivity contribution is 9.10. The van der Waals surface area contributed by atoms with E-state index in [0.29, 0.717) is 0 Å². The summed E-state index contributed by atoms with van der Waals surface area (Å²) in [5.74, 6) is 1.22. The second-order valence-corrected chi connectivity index (χ2v) is 5.29. The molecule has 0 atom stereocenters. The first-order valence-corrected chi connectivity index (χ1v) is 6.69. The van der Waals surface area contributed by atoms with Crippen molar-refractivity contribution in [1.29, 1.82) is 0 Å². The summed E-state index contributed by atoms with van der Waals surface area (Å²) in [5, 5.41) is 9.37. The van der Waals surface area contributed by atoms with E-state index in [-0.39, 0.29) is 5.75 Å². The van der Waals surface area contributed by atoms with Crippen LogP contribution in [0.15, 0.2) is 57.9 Å². The predicted molar refractivity (Wildman–Crippen MR) is 71.8 cm³/mol. The Morgan fingerprint density at radius 1 is 1.06 bits per heavy atom. The van der Waals surface area contributed by atoms with E-state index in [1.165, 1.54) is 5.56 Å². The van der Waals surface area contributed by atoms with E-state index in [1.54, 1.807) is 17.8 Å². The fraction of sp³-hybridized carbons (Fsp3) is 0.0769. The van der Waals surface area contributed by atoms with E-state index in [0.717, 1.165) is 15.1 Å². The molecule has 0 unspecified atom stereocenters. The Balaban J connectivity index is 2.03. The summed E-state index contributed by atoms with van der Waals surface area (Å²) >= 11 is 5.06. The molecular formula is C13H11BrOS. The summed E-state index contributed by atoms with van der Waals surface area (Å²) in [6.45, 7) is 0. The van der Waals surface area contributed by atoms with Gasteiger partial charge in [0.1, 0.15) is 5.75 Å². The molecular weight excluding hydrogens is 284 g/mol. The molecule has 0 amide bonds. The predicted octanol–water partition coefficient (Wildman–Crippen LogP) is 4.45. The Hall–Kier alpha value is -0.930. The number of phenols is 1. The van der Waals surface area contributed by atoms with Crippen molar-refractivity contribution in [2.45, 2.75) is 10.6 Å². The fourth-order valence-corrected chi connectivity index (χ4v) is 2.74. The highest BCUT2D eigenvalue weighted by atomic mass is 79.9. The number of aromatic hydroxyl groups is 1. The average Bonchev–Trinajstić information content (AvgIpc) is 2.32. The van der Waals surface area contributed by atoms with Gasteiger partial charge < -0.3 is 5.11 Å². The van der Waals surface area contributed by atoms with Crippen molar-refractivity contribution < 1.29 is 5.11 Å². The summed E-state index contributed by atoms with van der Waals surface area (Å²) in [5.41, 5.74) is 1.30. The van der Waals surface area contributed by atoms with Gasteiger partial charge in [-0.2, -0.15) is 0 Å². The van der Waals surface area contributed by atoms with E-state index >= 15 is 0 Å². The Morgan fingerprint density at radius 3 is 2.50 bits per heavy atom. The largest absolute Gasteiger partial charge is 0.507 e. The van der Waals surface area contributed by atoms with Crippen molar-refractivity contribution in [3.05, 3.63) is 58.6 Å². The lowest BCUT2D eigenvalue weighted by Gasteiger charge is -2.03. The molecule has 1 N–H and O–H groups in total. The summed E-state index contributed by atoms with van der Waals surface area (Å²) in [6.07, 6.45) is 0. The molecule has 0 aromatic heterocycles. The Kier molecular flexibility index (Phi) is 3.91. The van der Waals surface area contributed by atoms with Gasteiger partial charge in [0, 0.05) is 10.6 Å². The van der Waals surface area contributed by atoms with Crippen LogP contribution < -0.4 is 0 Å². The zero-order valence-corrected chi connectivity index (χ0v) is 11.0. The van der Waals surface area contributed by atoms with Crippen LogP contribution in [0.1, 0.15) is 5.56 Å². The monoisotopic (exact) mass is 294 g/mol. The minimum absolute atomic E-state index is 0.282. The highest BCUT2D eigenvalue weighted by Crippen LogP contribution is 2.30. The number of hydrogen-bond donors (Lipinski definition) is 1. The molecule has 0 fully saturated rings. The second kappa shape index (κ2) is 5.41. The fourth-order valence-electron chi connectivity index (χ4n) is 1.32. The topological polar surface area (TPSA) is 20.2 Å². The maximum Gasteiger partial charge on any atom is 0.129 e. The molecule has 0 radical (unpaired) electrons. The molecule has 0 aliphatic carbocycles. The normalized spacial score (nSPS) is 10.3. The van der Waals surface area contributed by atoms with Crippen LogP contribution in [-0.2, 0) is 5.75 Å². The van der Waals surface area contributed by atoms with E-state index in [1.807, 2.05) is 30.3 Å². The first kappa shape index (κ1) is 11.6. The highest BCUT2D eigenvalue weighted by Gasteiger charge is 2.00. The summed E-state index contributed by atoms with van der Waals surface area (Å²) in [7, 11) is 0. The molecule has 82 valence electrons. The average molecular weight is 295 g/mol. The van der Waals surface area contributed by atoms with Gasteiger partial charge in [0.2, 0.25) is 0 Å². The maximum atomic E-state index is 9.37. The SMILES string of the molecule is Oc1ccc(SCc2ccccc2)cc1Br. The van der Waals surface area contributed by atoms with Crippen molar-refractivity contribution in [3.63, 3.8) is 0 Å². The lowest BCUT2D eigenvalue weighted by atomic mass is 10.2. The van der Waals surface area contributed by atoms with E-state index in [2.05, 4.69) is 28.1 Å². The Labute approximate surface area is 108 Å². The van der Waals surface area contributed by atoms with Gasteiger partial charge in [-0.3, -0.25) is 0 Å². The maximum absolute atomic E-state index is 9.37. The van der Waals surface area contributed by atoms with Crippen molar-refractivity contribution in [2.24, 2.45) is 0 Å². The summed E-state index contributed by atoms with van der Waals surface area (Å²) in [4.78, 5) is 1.15. The number of thioether (sulfide) groups is 1. The second-order valence-electron chi connectivity index (χ2n) is 3.39. The van der Waals surface area contributed by atoms with Gasteiger partial charge in [-0.1, -0.05) is 30.3 Å². The first-order valence-electron chi connectivity index (χ1n) is 4.91. The van der Waals surface area contributed by atoms with Crippen LogP contribution in [-0.4, -0.2) is 5.11 Å². The third-order valence-corrected chi connectivity index (χ3v) is 3.87. The number of hydrogen-bond acceptors (Lipinski definition) is 2. The molecule has 0 aliphatic heterocycles. The van der Waals surface area contributed by atoms with Gasteiger partial charge in [-0.05, 0) is 39.7 Å². The molecule has 0 heterocycles. The Morgan fingerprint density at radius 2 is 1.81 bits per heavy atom. The quantitative estimate of drug-likeness (QED) is 0.844. The van der Waals surface area contributed by atoms with E-state index in [9.17, 15) is 5.11 Å². The Bertz CT molecular complexity index is 471. The molecule has 2 rings (SSSR count). The van der Waals surface area contributed by atoms with Crippen LogP contribution in [0.4, 0.5) is 0 Å². The van der Waals surface area contributed by atoms with Gasteiger partial charge in [-0.15, -0.1) is 11.8 Å². The van der Waals surface area contributed by atoms with Crippen molar-refractivity contribution in [3.8, 4) is 5.75 Å². The standard InChI is InChI=1S/C13H11BrOS/c14-12-8-11(6-7-13(12)15)16-9-10-4-2-1-3-5-10/h1-8,15H,9H2. The van der Waals surface area contributed by atoms with Crippen molar-refractivity contribution in [1.82, 2.24) is 0 Å². The number of rotatable bonds is 3. The molecule has 2 aromatic carbocycles. The lowest BCUT2D eigenvalue weighted by Crippen LogP contribution is -1.79. The van der Waals surface area contributed by atoms with Crippen molar-refractivity contribution >= 4 is 27.7 Å². The van der Waals surface area contributed by atoms with E-state index < -0.39 is 0 Å². The zero-order valence-electron chi connectivity index (χ0n) is 8.56. The van der Waals surface area contributed by atoms with Crippen molar-refractivity contribution in [2.75, 3.05) is 0 Å². The van der Waals surface area contributed by atoms with Gasteiger partial charge in [-0.25, -0.2) is 0 Å². The number of halogens is 1. The smallest absolute Gasteiger partial charge is 0.129 e. The van der Waals surface area contributed by atoms with Gasteiger partial charge in [0.15, 0.2) is 0 Å². The number of benzene rings is 2. The summed E-state index contributed by atoms with van der Waals surface area (Å²) < 4.78 is 0.741. The first-order chi connectivity index (χ1) is 7.75. The third-order valence-electron chi connectivity index (χ3n) is 2.17. The van der Waals surface area contributed by atoms with Crippen LogP contribution in [0.5, 0.6) is 5.75 Å². The summed E-state index contributed by atoms with van der Waals surface area (Å²) in [6, 6.07) is 15.9. The lowest BCUT2D eigenvalue weighted by molar-refractivity contribution is 0.471. The molecule has 2 aromatic rings. The molecule has 16 heavy (non-hydrogen) atoms. The molecule has 3 heteroatoms. The van der Waals surface area contributed by atoms with Crippen LogP contribution in [0, 0.1) is 0 Å². The molecule has 1 nitrogen and oxygen atoms in total. The minimum atomic E-state index is 0.282. The van der Waals surface area contributed by atoms with Gasteiger partial charge >= 0.3 is 0 Å². The molecule has 0 spiro atoms. The van der Waals surface area contributed by atoms with Gasteiger partial charge in [0.25, 0.3) is 0 Å².